The molecule has 4 nitrogen and oxygen atoms in total. The first kappa shape index (κ1) is 16.8. The number of rotatable bonds is 2. The molecule has 1 rings (SSSR count). The second-order valence-corrected chi connectivity index (χ2v) is 6.40. The zero-order chi connectivity index (χ0) is 15.2. The normalized spacial score (nSPS) is 12.2. The Hall–Kier alpha value is -1.21. The summed E-state index contributed by atoms with van der Waals surface area (Å²) in [6.07, 6.45) is 1.24. The average Bonchev–Trinajstić information content (AvgIpc) is 2.34. The zero-order valence-corrected chi connectivity index (χ0v) is 13.4. The smallest absolute Gasteiger partial charge is 0.413 e. The Balaban J connectivity index is 2.59. The lowest BCUT2D eigenvalue weighted by Gasteiger charge is -2.19. The number of alkyl carbamates (subject to hydrolysis) is 1. The van der Waals surface area contributed by atoms with Gasteiger partial charge in [0.05, 0.1) is 0 Å². The number of carbonyl (C=O) groups excluding carboxylic acids is 1. The van der Waals surface area contributed by atoms with Crippen molar-refractivity contribution in [1.82, 2.24) is 5.32 Å². The molecule has 0 heterocycles. The minimum Gasteiger partial charge on any atom is -0.444 e. The second kappa shape index (κ2) is 7.54. The third-order valence-electron chi connectivity index (χ3n) is 1.85. The second-order valence-electron chi connectivity index (χ2n) is 4.77. The van der Waals surface area contributed by atoms with Crippen LogP contribution in [0, 0.1) is 5.82 Å². The summed E-state index contributed by atoms with van der Waals surface area (Å²) in [5.74, 6) is -0.296. The van der Waals surface area contributed by atoms with Crippen molar-refractivity contribution < 1.29 is 13.9 Å². The number of nitrogens with zero attached hydrogens (tertiary/aromatic N) is 1. The van der Waals surface area contributed by atoms with E-state index in [4.69, 9.17) is 4.74 Å². The van der Waals surface area contributed by atoms with Gasteiger partial charge in [-0.15, -0.1) is 0 Å². The van der Waals surface area contributed by atoms with E-state index in [-0.39, 0.29) is 5.82 Å². The van der Waals surface area contributed by atoms with E-state index in [0.29, 0.717) is 5.17 Å². The maximum atomic E-state index is 12.8. The topological polar surface area (TPSA) is 50.7 Å². The van der Waals surface area contributed by atoms with Crippen molar-refractivity contribution in [3.8, 4) is 0 Å². The number of nitrogens with one attached hydrogen (secondary N) is 1. The van der Waals surface area contributed by atoms with Gasteiger partial charge >= 0.3 is 6.09 Å². The van der Waals surface area contributed by atoms with Crippen molar-refractivity contribution in [1.29, 1.82) is 0 Å². The van der Waals surface area contributed by atoms with Gasteiger partial charge < -0.3 is 4.74 Å². The summed E-state index contributed by atoms with van der Waals surface area (Å²) in [5, 5.41) is 2.99. The number of halogens is 1. The summed E-state index contributed by atoms with van der Waals surface area (Å²) in [5.41, 5.74) is -0.558. The number of benzene rings is 1. The Morgan fingerprint density at radius 2 is 1.90 bits per heavy atom. The Morgan fingerprint density at radius 1 is 1.30 bits per heavy atom. The Kier molecular flexibility index (Phi) is 6.35. The van der Waals surface area contributed by atoms with Gasteiger partial charge in [0.2, 0.25) is 0 Å². The molecule has 0 aromatic heterocycles. The van der Waals surface area contributed by atoms with Crippen molar-refractivity contribution >= 4 is 35.0 Å². The van der Waals surface area contributed by atoms with E-state index < -0.39 is 11.7 Å². The van der Waals surface area contributed by atoms with Crippen LogP contribution < -0.4 is 5.32 Å². The summed E-state index contributed by atoms with van der Waals surface area (Å²) in [6, 6.07) is 5.96. The van der Waals surface area contributed by atoms with Gasteiger partial charge in [0.15, 0.2) is 5.17 Å². The van der Waals surface area contributed by atoms with Crippen LogP contribution in [-0.4, -0.2) is 23.1 Å². The number of thioether (sulfide) groups is 1. The fourth-order valence-corrected chi connectivity index (χ4v) is 2.18. The molecule has 1 aromatic rings. The summed E-state index contributed by atoms with van der Waals surface area (Å²) in [4.78, 5) is 12.4. The predicted molar refractivity (Wildman–Crippen MR) is 82.6 cm³/mol. The minimum atomic E-state index is -0.558. The van der Waals surface area contributed by atoms with E-state index in [1.807, 2.05) is 0 Å². The molecule has 0 spiro atoms. The summed E-state index contributed by atoms with van der Waals surface area (Å²) in [7, 11) is 0. The highest BCUT2D eigenvalue weighted by Gasteiger charge is 2.17. The molecule has 0 unspecified atom stereocenters. The molecule has 0 aliphatic rings. The first-order valence-corrected chi connectivity index (χ1v) is 7.84. The van der Waals surface area contributed by atoms with Crippen LogP contribution in [0.3, 0.4) is 0 Å². The van der Waals surface area contributed by atoms with Crippen molar-refractivity contribution in [3.05, 3.63) is 30.1 Å². The summed E-state index contributed by atoms with van der Waals surface area (Å²) in [6.45, 7) is 5.36. The number of ether oxygens (including phenoxy) is 1. The van der Waals surface area contributed by atoms with Crippen LogP contribution in [0.1, 0.15) is 20.8 Å². The fraction of sp³-hybridized carbons (Fsp3) is 0.385. The lowest BCUT2D eigenvalue weighted by atomic mass is 10.2. The largest absolute Gasteiger partial charge is 0.444 e. The van der Waals surface area contributed by atoms with E-state index >= 15 is 0 Å². The highest BCUT2D eigenvalue weighted by Crippen LogP contribution is 2.20. The number of hydrogen-bond donors (Lipinski definition) is 1. The number of amidine groups is 1. The number of amides is 1. The molecule has 20 heavy (non-hydrogen) atoms. The average molecular weight is 316 g/mol. The first-order chi connectivity index (χ1) is 9.30. The molecule has 0 saturated carbocycles. The monoisotopic (exact) mass is 316 g/mol. The van der Waals surface area contributed by atoms with Crippen molar-refractivity contribution in [3.63, 3.8) is 0 Å². The van der Waals surface area contributed by atoms with Crippen LogP contribution in [0.15, 0.2) is 33.6 Å². The van der Waals surface area contributed by atoms with Gasteiger partial charge in [0, 0.05) is 16.8 Å². The van der Waals surface area contributed by atoms with Crippen LogP contribution >= 0.6 is 23.7 Å². The van der Waals surface area contributed by atoms with Crippen LogP contribution in [0.2, 0.25) is 0 Å². The molecule has 1 N–H and O–H groups in total. The van der Waals surface area contributed by atoms with Gasteiger partial charge in [0.25, 0.3) is 0 Å². The Labute approximate surface area is 126 Å². The summed E-state index contributed by atoms with van der Waals surface area (Å²) >= 11 is 2.44. The number of carbonyl (C=O) groups is 1. The molecular formula is C13H17FN2O2S2. The van der Waals surface area contributed by atoms with Crippen molar-refractivity contribution in [2.24, 2.45) is 4.40 Å². The van der Waals surface area contributed by atoms with Gasteiger partial charge in [-0.25, -0.2) is 9.18 Å². The molecule has 0 aliphatic carbocycles. The molecule has 0 saturated heterocycles. The van der Waals surface area contributed by atoms with Gasteiger partial charge in [0.1, 0.15) is 11.4 Å². The molecule has 110 valence electrons. The SMILES string of the molecule is CS/C(=N\Sc1ccc(F)cc1)NC(=O)OC(C)(C)C. The van der Waals surface area contributed by atoms with Gasteiger partial charge in [-0.3, -0.25) is 5.32 Å². The van der Waals surface area contributed by atoms with E-state index in [9.17, 15) is 9.18 Å². The molecule has 0 radical (unpaired) electrons. The molecule has 7 heteroatoms. The van der Waals surface area contributed by atoms with Crippen LogP contribution in [0.5, 0.6) is 0 Å². The molecule has 0 atom stereocenters. The van der Waals surface area contributed by atoms with Crippen LogP contribution in [-0.2, 0) is 4.74 Å². The van der Waals surface area contributed by atoms with Crippen molar-refractivity contribution in [2.45, 2.75) is 31.3 Å². The molecule has 0 aliphatic heterocycles. The van der Waals surface area contributed by atoms with Gasteiger partial charge in [-0.05, 0) is 51.3 Å². The quantitative estimate of drug-likeness (QED) is 0.507. The minimum absolute atomic E-state index is 0.296. The molecule has 0 fully saturated rings. The zero-order valence-electron chi connectivity index (χ0n) is 11.8. The molecule has 1 aromatic carbocycles. The third-order valence-corrected chi connectivity index (χ3v) is 3.30. The highest BCUT2D eigenvalue weighted by molar-refractivity contribution is 8.14. The standard InChI is InChI=1S/C13H17FN2O2S2/c1-13(2,3)18-12(17)15-11(19-4)16-20-10-7-5-9(14)6-8-10/h5-8H,1-4H3,(H,15,16,17). The maximum Gasteiger partial charge on any atom is 0.413 e. The van der Waals surface area contributed by atoms with Gasteiger partial charge in [-0.2, -0.15) is 4.40 Å². The number of hydrogen-bond acceptors (Lipinski definition) is 5. The first-order valence-electron chi connectivity index (χ1n) is 5.85. The van der Waals surface area contributed by atoms with E-state index in [1.165, 1.54) is 23.9 Å². The van der Waals surface area contributed by atoms with E-state index in [0.717, 1.165) is 16.8 Å². The lowest BCUT2D eigenvalue weighted by molar-refractivity contribution is 0.0564. The molecular weight excluding hydrogens is 299 g/mol. The third kappa shape index (κ3) is 6.81. The van der Waals surface area contributed by atoms with Crippen molar-refractivity contribution in [2.75, 3.05) is 6.26 Å². The molecule has 0 bridgehead atoms. The summed E-state index contributed by atoms with van der Waals surface area (Å²) < 4.78 is 22.1. The maximum absolute atomic E-state index is 12.8. The van der Waals surface area contributed by atoms with E-state index in [2.05, 4.69) is 9.71 Å². The van der Waals surface area contributed by atoms with Crippen LogP contribution in [0.25, 0.3) is 0 Å². The Morgan fingerprint density at radius 3 is 2.40 bits per heavy atom. The van der Waals surface area contributed by atoms with E-state index in [1.54, 1.807) is 39.2 Å². The highest BCUT2D eigenvalue weighted by atomic mass is 32.2. The fourth-order valence-electron chi connectivity index (χ4n) is 1.09. The predicted octanol–water partition coefficient (Wildman–Crippen LogP) is 4.08. The Bertz CT molecular complexity index is 484. The lowest BCUT2D eigenvalue weighted by Crippen LogP contribution is -2.34. The van der Waals surface area contributed by atoms with Crippen LogP contribution in [0.4, 0.5) is 9.18 Å². The molecule has 1 amide bonds. The van der Waals surface area contributed by atoms with Gasteiger partial charge in [-0.1, -0.05) is 11.8 Å².